The summed E-state index contributed by atoms with van der Waals surface area (Å²) in [5, 5.41) is 3.84. The summed E-state index contributed by atoms with van der Waals surface area (Å²) < 4.78 is 5.23. The quantitative estimate of drug-likeness (QED) is 0.838. The van der Waals surface area contributed by atoms with Crippen molar-refractivity contribution in [3.63, 3.8) is 0 Å². The van der Waals surface area contributed by atoms with E-state index in [1.54, 1.807) is 7.11 Å². The van der Waals surface area contributed by atoms with E-state index in [0.717, 1.165) is 18.7 Å². The Labute approximate surface area is 122 Å². The van der Waals surface area contributed by atoms with Crippen molar-refractivity contribution in [3.8, 4) is 5.75 Å². The van der Waals surface area contributed by atoms with Gasteiger partial charge in [0.1, 0.15) is 5.75 Å². The molecule has 0 saturated heterocycles. The fourth-order valence-electron chi connectivity index (χ4n) is 3.25. The van der Waals surface area contributed by atoms with Crippen molar-refractivity contribution in [2.24, 2.45) is 11.7 Å². The number of nitrogens with two attached hydrogens (primary N) is 1. The van der Waals surface area contributed by atoms with E-state index in [4.69, 9.17) is 10.5 Å². The lowest BCUT2D eigenvalue weighted by atomic mass is 9.83. The predicted octanol–water partition coefficient (Wildman–Crippen LogP) is 3.25. The molecule has 20 heavy (non-hydrogen) atoms. The average molecular weight is 276 g/mol. The van der Waals surface area contributed by atoms with Crippen LogP contribution in [0.4, 0.5) is 0 Å². The second kappa shape index (κ2) is 7.65. The summed E-state index contributed by atoms with van der Waals surface area (Å²) in [5.74, 6) is 1.55. The molecular weight excluding hydrogens is 248 g/mol. The Morgan fingerprint density at radius 1 is 1.25 bits per heavy atom. The maximum atomic E-state index is 5.93. The van der Waals surface area contributed by atoms with Gasteiger partial charge in [0.15, 0.2) is 0 Å². The summed E-state index contributed by atoms with van der Waals surface area (Å²) in [6, 6.07) is 9.40. The first kappa shape index (κ1) is 15.3. The molecule has 1 aromatic carbocycles. The third kappa shape index (κ3) is 3.74. The van der Waals surface area contributed by atoms with Crippen LogP contribution in [-0.4, -0.2) is 19.7 Å². The minimum absolute atomic E-state index is 0.415. The van der Waals surface area contributed by atoms with E-state index in [1.165, 1.54) is 31.2 Å². The van der Waals surface area contributed by atoms with E-state index in [1.807, 2.05) is 12.1 Å². The van der Waals surface area contributed by atoms with Crippen LogP contribution in [0.2, 0.25) is 0 Å². The molecule has 3 N–H and O–H groups in total. The van der Waals surface area contributed by atoms with Crippen LogP contribution >= 0.6 is 0 Å². The van der Waals surface area contributed by atoms with Crippen molar-refractivity contribution < 1.29 is 4.74 Å². The van der Waals surface area contributed by atoms with Gasteiger partial charge < -0.3 is 15.8 Å². The molecule has 1 aromatic rings. The van der Waals surface area contributed by atoms with Gasteiger partial charge in [-0.3, -0.25) is 0 Å². The van der Waals surface area contributed by atoms with Gasteiger partial charge in [0.2, 0.25) is 0 Å². The highest BCUT2D eigenvalue weighted by Crippen LogP contribution is 2.27. The van der Waals surface area contributed by atoms with Gasteiger partial charge in [0.25, 0.3) is 0 Å². The topological polar surface area (TPSA) is 47.3 Å². The summed E-state index contributed by atoms with van der Waals surface area (Å²) in [6.45, 7) is 3.04. The second-order valence-electron chi connectivity index (χ2n) is 5.79. The minimum Gasteiger partial charge on any atom is -0.497 e. The van der Waals surface area contributed by atoms with Crippen LogP contribution in [0.5, 0.6) is 5.75 Å². The number of methoxy groups -OCH3 is 1. The number of rotatable bonds is 6. The molecule has 0 aromatic heterocycles. The van der Waals surface area contributed by atoms with Crippen LogP contribution in [0.15, 0.2) is 24.3 Å². The zero-order valence-electron chi connectivity index (χ0n) is 12.8. The molecule has 0 bridgehead atoms. The molecule has 3 nitrogen and oxygen atoms in total. The number of ether oxygens (including phenoxy) is 1. The van der Waals surface area contributed by atoms with Gasteiger partial charge in [-0.05, 0) is 49.4 Å². The minimum atomic E-state index is 0.415. The zero-order valence-corrected chi connectivity index (χ0v) is 12.8. The summed E-state index contributed by atoms with van der Waals surface area (Å²) in [6.07, 6.45) is 6.29. The van der Waals surface area contributed by atoms with Gasteiger partial charge in [-0.1, -0.05) is 31.9 Å². The molecule has 0 aliphatic heterocycles. The molecule has 0 amide bonds. The van der Waals surface area contributed by atoms with Crippen LogP contribution in [-0.2, 0) is 0 Å². The van der Waals surface area contributed by atoms with Crippen LogP contribution < -0.4 is 15.8 Å². The molecule has 0 heterocycles. The van der Waals surface area contributed by atoms with E-state index in [2.05, 4.69) is 24.4 Å². The number of benzene rings is 1. The molecule has 3 heteroatoms. The molecule has 3 atom stereocenters. The summed E-state index contributed by atoms with van der Waals surface area (Å²) in [5.41, 5.74) is 7.27. The maximum Gasteiger partial charge on any atom is 0.118 e. The first-order valence-corrected chi connectivity index (χ1v) is 7.88. The molecule has 112 valence electrons. The lowest BCUT2D eigenvalue weighted by molar-refractivity contribution is 0.245. The SMILES string of the molecule is CCC(NC1CCCCC1CN)c1ccc(OC)cc1. The molecule has 1 saturated carbocycles. The fourth-order valence-corrected chi connectivity index (χ4v) is 3.25. The van der Waals surface area contributed by atoms with Gasteiger partial charge >= 0.3 is 0 Å². The largest absolute Gasteiger partial charge is 0.497 e. The first-order valence-electron chi connectivity index (χ1n) is 7.88. The highest BCUT2D eigenvalue weighted by Gasteiger charge is 2.25. The highest BCUT2D eigenvalue weighted by atomic mass is 16.5. The monoisotopic (exact) mass is 276 g/mol. The average Bonchev–Trinajstić information content (AvgIpc) is 2.53. The molecular formula is C17H28N2O. The Bertz CT molecular complexity index is 390. The second-order valence-corrected chi connectivity index (χ2v) is 5.79. The smallest absolute Gasteiger partial charge is 0.118 e. The van der Waals surface area contributed by atoms with Gasteiger partial charge in [-0.25, -0.2) is 0 Å². The first-order chi connectivity index (χ1) is 9.78. The van der Waals surface area contributed by atoms with Crippen molar-refractivity contribution in [2.45, 2.75) is 51.1 Å². The lowest BCUT2D eigenvalue weighted by Crippen LogP contribution is -2.43. The van der Waals surface area contributed by atoms with Crippen molar-refractivity contribution in [2.75, 3.05) is 13.7 Å². The normalized spacial score (nSPS) is 24.4. The third-order valence-electron chi connectivity index (χ3n) is 4.55. The van der Waals surface area contributed by atoms with Gasteiger partial charge in [0.05, 0.1) is 7.11 Å². The number of hydrogen-bond donors (Lipinski definition) is 2. The fraction of sp³-hybridized carbons (Fsp3) is 0.647. The van der Waals surface area contributed by atoms with Crippen molar-refractivity contribution in [1.29, 1.82) is 0 Å². The van der Waals surface area contributed by atoms with E-state index in [0.29, 0.717) is 18.0 Å². The van der Waals surface area contributed by atoms with E-state index < -0.39 is 0 Å². The standard InChI is InChI=1S/C17H28N2O/c1-3-16(13-8-10-15(20-2)11-9-13)19-17-7-5-4-6-14(17)12-18/h8-11,14,16-17,19H,3-7,12,18H2,1-2H3. The van der Waals surface area contributed by atoms with Gasteiger partial charge in [0, 0.05) is 12.1 Å². The Hall–Kier alpha value is -1.06. The highest BCUT2D eigenvalue weighted by molar-refractivity contribution is 5.29. The van der Waals surface area contributed by atoms with Gasteiger partial charge in [-0.15, -0.1) is 0 Å². The maximum absolute atomic E-state index is 5.93. The molecule has 1 aliphatic carbocycles. The number of hydrogen-bond acceptors (Lipinski definition) is 3. The molecule has 0 spiro atoms. The van der Waals surface area contributed by atoms with Crippen LogP contribution in [0.3, 0.4) is 0 Å². The summed E-state index contributed by atoms with van der Waals surface area (Å²) in [7, 11) is 1.71. The molecule has 1 aliphatic rings. The van der Waals surface area contributed by atoms with Crippen molar-refractivity contribution >= 4 is 0 Å². The van der Waals surface area contributed by atoms with Gasteiger partial charge in [-0.2, -0.15) is 0 Å². The molecule has 2 rings (SSSR count). The van der Waals surface area contributed by atoms with E-state index in [9.17, 15) is 0 Å². The van der Waals surface area contributed by atoms with Crippen LogP contribution in [0.25, 0.3) is 0 Å². The lowest BCUT2D eigenvalue weighted by Gasteiger charge is -2.34. The Morgan fingerprint density at radius 2 is 1.95 bits per heavy atom. The van der Waals surface area contributed by atoms with Crippen LogP contribution in [0.1, 0.15) is 50.6 Å². The Balaban J connectivity index is 2.03. The molecule has 0 radical (unpaired) electrons. The third-order valence-corrected chi connectivity index (χ3v) is 4.55. The predicted molar refractivity (Wildman–Crippen MR) is 84.0 cm³/mol. The van der Waals surface area contributed by atoms with E-state index >= 15 is 0 Å². The Kier molecular flexibility index (Phi) is 5.86. The number of nitrogens with one attached hydrogen (secondary N) is 1. The summed E-state index contributed by atoms with van der Waals surface area (Å²) >= 11 is 0. The van der Waals surface area contributed by atoms with Crippen molar-refractivity contribution in [1.82, 2.24) is 5.32 Å². The van der Waals surface area contributed by atoms with Crippen LogP contribution in [0, 0.1) is 5.92 Å². The molecule has 3 unspecified atom stereocenters. The van der Waals surface area contributed by atoms with E-state index in [-0.39, 0.29) is 0 Å². The molecule has 1 fully saturated rings. The zero-order chi connectivity index (χ0) is 14.4. The summed E-state index contributed by atoms with van der Waals surface area (Å²) in [4.78, 5) is 0. The Morgan fingerprint density at radius 3 is 2.55 bits per heavy atom. The van der Waals surface area contributed by atoms with Crippen molar-refractivity contribution in [3.05, 3.63) is 29.8 Å².